The van der Waals surface area contributed by atoms with E-state index in [9.17, 15) is 4.79 Å². The number of hydrogen-bond acceptors (Lipinski definition) is 4. The highest BCUT2D eigenvalue weighted by Crippen LogP contribution is 2.30. The van der Waals surface area contributed by atoms with Crippen LogP contribution in [0.5, 0.6) is 0 Å². The van der Waals surface area contributed by atoms with Crippen molar-refractivity contribution in [3.05, 3.63) is 52.3 Å². The van der Waals surface area contributed by atoms with E-state index in [1.165, 1.54) is 29.1 Å². The minimum Gasteiger partial charge on any atom is -0.344 e. The predicted molar refractivity (Wildman–Crippen MR) is 88.4 cm³/mol. The minimum absolute atomic E-state index is 0.0150. The Kier molecular flexibility index (Phi) is 4.64. The maximum atomic E-state index is 12.5. The van der Waals surface area contributed by atoms with Gasteiger partial charge in [-0.25, -0.2) is 9.97 Å². The largest absolute Gasteiger partial charge is 0.344 e. The Hall–Kier alpha value is -1.59. The van der Waals surface area contributed by atoms with Crippen molar-refractivity contribution in [2.24, 2.45) is 0 Å². The summed E-state index contributed by atoms with van der Waals surface area (Å²) in [5, 5.41) is 3.88. The fourth-order valence-corrected chi connectivity index (χ4v) is 3.26. The SMILES string of the molecule is CSc1ncc(Cl)c(C(=O)NC2CCCc3ccccc32)n1. The number of thioether (sulfide) groups is 1. The normalized spacial score (nSPS) is 16.9. The van der Waals surface area contributed by atoms with Crippen molar-refractivity contribution in [2.75, 3.05) is 6.26 Å². The lowest BCUT2D eigenvalue weighted by molar-refractivity contribution is 0.0927. The van der Waals surface area contributed by atoms with Crippen LogP contribution in [0.4, 0.5) is 0 Å². The Morgan fingerprint density at radius 3 is 3.05 bits per heavy atom. The number of fused-ring (bicyclic) bond motifs is 1. The molecule has 2 aromatic rings. The summed E-state index contributed by atoms with van der Waals surface area (Å²) in [6.07, 6.45) is 6.40. The fourth-order valence-electron chi connectivity index (χ4n) is 2.74. The molecule has 0 spiro atoms. The van der Waals surface area contributed by atoms with E-state index in [4.69, 9.17) is 11.6 Å². The number of nitrogens with one attached hydrogen (secondary N) is 1. The second-order valence-corrected chi connectivity index (χ2v) is 6.35. The Bertz CT molecular complexity index is 708. The molecule has 1 aromatic carbocycles. The summed E-state index contributed by atoms with van der Waals surface area (Å²) in [5.74, 6) is -0.246. The van der Waals surface area contributed by atoms with Crippen LogP contribution in [0.2, 0.25) is 5.02 Å². The number of aryl methyl sites for hydroxylation is 1. The number of aromatic nitrogens is 2. The van der Waals surface area contributed by atoms with Crippen molar-refractivity contribution in [1.82, 2.24) is 15.3 Å². The van der Waals surface area contributed by atoms with Gasteiger partial charge >= 0.3 is 0 Å². The highest BCUT2D eigenvalue weighted by molar-refractivity contribution is 7.98. The summed E-state index contributed by atoms with van der Waals surface area (Å²) in [5.41, 5.74) is 2.74. The van der Waals surface area contributed by atoms with E-state index in [-0.39, 0.29) is 22.7 Å². The van der Waals surface area contributed by atoms with E-state index in [0.717, 1.165) is 19.3 Å². The van der Waals surface area contributed by atoms with E-state index < -0.39 is 0 Å². The number of rotatable bonds is 3. The van der Waals surface area contributed by atoms with E-state index in [1.54, 1.807) is 0 Å². The summed E-state index contributed by atoms with van der Waals surface area (Å²) in [6, 6.07) is 8.26. The van der Waals surface area contributed by atoms with Crippen LogP contribution in [0.1, 0.15) is 40.5 Å². The van der Waals surface area contributed by atoms with Crippen LogP contribution >= 0.6 is 23.4 Å². The van der Waals surface area contributed by atoms with Crippen LogP contribution in [0.15, 0.2) is 35.6 Å². The highest BCUT2D eigenvalue weighted by Gasteiger charge is 2.23. The third-order valence-corrected chi connectivity index (χ3v) is 4.63. The Morgan fingerprint density at radius 1 is 1.41 bits per heavy atom. The van der Waals surface area contributed by atoms with Crippen LogP contribution in [0, 0.1) is 0 Å². The molecule has 1 aliphatic carbocycles. The third kappa shape index (κ3) is 3.10. The summed E-state index contributed by atoms with van der Waals surface area (Å²) in [7, 11) is 0. The Balaban J connectivity index is 1.84. The second-order valence-electron chi connectivity index (χ2n) is 5.17. The molecule has 1 amide bonds. The highest BCUT2D eigenvalue weighted by atomic mass is 35.5. The molecule has 1 aromatic heterocycles. The Labute approximate surface area is 138 Å². The van der Waals surface area contributed by atoms with Crippen molar-refractivity contribution in [2.45, 2.75) is 30.5 Å². The van der Waals surface area contributed by atoms with Gasteiger partial charge in [0.25, 0.3) is 5.91 Å². The smallest absolute Gasteiger partial charge is 0.272 e. The predicted octanol–water partition coefficient (Wildman–Crippen LogP) is 3.66. The molecule has 0 saturated carbocycles. The maximum Gasteiger partial charge on any atom is 0.272 e. The molecule has 1 aliphatic rings. The summed E-state index contributed by atoms with van der Waals surface area (Å²) >= 11 is 7.45. The van der Waals surface area contributed by atoms with Crippen LogP contribution < -0.4 is 5.32 Å². The number of hydrogen-bond donors (Lipinski definition) is 1. The molecule has 0 radical (unpaired) electrons. The van der Waals surface area contributed by atoms with Crippen LogP contribution in [0.3, 0.4) is 0 Å². The van der Waals surface area contributed by atoms with Gasteiger partial charge in [-0.3, -0.25) is 4.79 Å². The number of nitrogens with zero attached hydrogens (tertiary/aromatic N) is 2. The molecule has 1 N–H and O–H groups in total. The van der Waals surface area contributed by atoms with Crippen LogP contribution in [0.25, 0.3) is 0 Å². The van der Waals surface area contributed by atoms with Gasteiger partial charge in [0.15, 0.2) is 10.9 Å². The minimum atomic E-state index is -0.246. The number of halogens is 1. The summed E-state index contributed by atoms with van der Waals surface area (Å²) in [4.78, 5) is 20.8. The lowest BCUT2D eigenvalue weighted by atomic mass is 9.87. The van der Waals surface area contributed by atoms with Crippen LogP contribution in [-0.4, -0.2) is 22.1 Å². The molecule has 6 heteroatoms. The van der Waals surface area contributed by atoms with Gasteiger partial charge < -0.3 is 5.32 Å². The maximum absolute atomic E-state index is 12.5. The van der Waals surface area contributed by atoms with Gasteiger partial charge in [0, 0.05) is 0 Å². The van der Waals surface area contributed by atoms with Gasteiger partial charge in [-0.15, -0.1) is 0 Å². The average molecular weight is 334 g/mol. The fraction of sp³-hybridized carbons (Fsp3) is 0.312. The average Bonchev–Trinajstić information content (AvgIpc) is 2.55. The first-order valence-corrected chi connectivity index (χ1v) is 8.74. The molecule has 0 fully saturated rings. The van der Waals surface area contributed by atoms with Gasteiger partial charge in [0.2, 0.25) is 0 Å². The molecule has 4 nitrogen and oxygen atoms in total. The van der Waals surface area contributed by atoms with Crippen molar-refractivity contribution < 1.29 is 4.79 Å². The van der Waals surface area contributed by atoms with Crippen molar-refractivity contribution in [3.8, 4) is 0 Å². The van der Waals surface area contributed by atoms with Gasteiger partial charge in [0.1, 0.15) is 0 Å². The first-order chi connectivity index (χ1) is 10.7. The molecule has 114 valence electrons. The zero-order valence-corrected chi connectivity index (χ0v) is 13.7. The van der Waals surface area contributed by atoms with E-state index >= 15 is 0 Å². The molecule has 1 unspecified atom stereocenters. The molecule has 1 atom stereocenters. The topological polar surface area (TPSA) is 54.9 Å². The zero-order chi connectivity index (χ0) is 15.5. The molecular weight excluding hydrogens is 318 g/mol. The van der Waals surface area contributed by atoms with Gasteiger partial charge in [-0.05, 0) is 36.6 Å². The number of carbonyl (C=O) groups is 1. The van der Waals surface area contributed by atoms with E-state index in [0.29, 0.717) is 5.16 Å². The van der Waals surface area contributed by atoms with Gasteiger partial charge in [-0.1, -0.05) is 47.6 Å². The molecule has 0 aliphatic heterocycles. The first-order valence-electron chi connectivity index (χ1n) is 7.14. The standard InChI is InChI=1S/C16H16ClN3OS/c1-22-16-18-9-12(17)14(20-16)15(21)19-13-8-4-6-10-5-2-3-7-11(10)13/h2-3,5,7,9,13H,4,6,8H2,1H3,(H,19,21). The zero-order valence-electron chi connectivity index (χ0n) is 12.2. The lowest BCUT2D eigenvalue weighted by Gasteiger charge is -2.26. The number of carbonyl (C=O) groups excluding carboxylic acids is 1. The van der Waals surface area contributed by atoms with E-state index in [1.807, 2.05) is 18.4 Å². The number of benzene rings is 1. The summed E-state index contributed by atoms with van der Waals surface area (Å²) < 4.78 is 0. The molecule has 0 bridgehead atoms. The van der Waals surface area contributed by atoms with Crippen molar-refractivity contribution in [3.63, 3.8) is 0 Å². The quantitative estimate of drug-likeness (QED) is 0.688. The summed E-state index contributed by atoms with van der Waals surface area (Å²) in [6.45, 7) is 0. The van der Waals surface area contributed by atoms with E-state index in [2.05, 4.69) is 27.4 Å². The van der Waals surface area contributed by atoms with Gasteiger partial charge in [-0.2, -0.15) is 0 Å². The van der Waals surface area contributed by atoms with Crippen molar-refractivity contribution >= 4 is 29.3 Å². The first kappa shape index (κ1) is 15.3. The molecule has 0 saturated heterocycles. The monoisotopic (exact) mass is 333 g/mol. The molecular formula is C16H16ClN3OS. The van der Waals surface area contributed by atoms with Crippen LogP contribution in [-0.2, 0) is 6.42 Å². The second kappa shape index (κ2) is 6.67. The number of amides is 1. The third-order valence-electron chi connectivity index (χ3n) is 3.79. The molecule has 1 heterocycles. The lowest BCUT2D eigenvalue weighted by Crippen LogP contribution is -2.31. The molecule has 3 rings (SSSR count). The Morgan fingerprint density at radius 2 is 2.23 bits per heavy atom. The van der Waals surface area contributed by atoms with Gasteiger partial charge in [0.05, 0.1) is 17.3 Å². The molecule has 22 heavy (non-hydrogen) atoms. The van der Waals surface area contributed by atoms with Crippen molar-refractivity contribution in [1.29, 1.82) is 0 Å².